The average molecular weight is 335 g/mol. The van der Waals surface area contributed by atoms with E-state index in [4.69, 9.17) is 4.74 Å². The highest BCUT2D eigenvalue weighted by Crippen LogP contribution is 2.13. The molecule has 24 heavy (non-hydrogen) atoms. The molecule has 0 aromatic carbocycles. The molecule has 1 aromatic rings. The number of ether oxygens (including phenoxy) is 1. The largest absolute Gasteiger partial charge is 0.379 e. The number of hydrogen-bond acceptors (Lipinski definition) is 5. The van der Waals surface area contributed by atoms with Gasteiger partial charge in [0, 0.05) is 64.0 Å². The Morgan fingerprint density at radius 1 is 1.33 bits per heavy atom. The van der Waals surface area contributed by atoms with E-state index in [-0.39, 0.29) is 11.9 Å². The normalized spacial score (nSPS) is 22.7. The zero-order valence-corrected chi connectivity index (χ0v) is 14.8. The molecule has 2 aliphatic heterocycles. The van der Waals surface area contributed by atoms with Crippen LogP contribution in [0.3, 0.4) is 0 Å². The highest BCUT2D eigenvalue weighted by atomic mass is 16.5. The van der Waals surface area contributed by atoms with Gasteiger partial charge in [-0.05, 0) is 19.9 Å². The maximum absolute atomic E-state index is 12.2. The van der Waals surface area contributed by atoms with Crippen LogP contribution in [-0.4, -0.2) is 77.5 Å². The molecule has 1 amide bonds. The molecule has 2 saturated heterocycles. The van der Waals surface area contributed by atoms with E-state index in [9.17, 15) is 4.79 Å². The SMILES string of the molecule is CC(C)n1nccc1CNC1CC(=O)N(CCN2CCOCC2)C1. The molecule has 1 atom stereocenters. The molecular weight excluding hydrogens is 306 g/mol. The minimum Gasteiger partial charge on any atom is -0.379 e. The molecule has 0 spiro atoms. The van der Waals surface area contributed by atoms with Gasteiger partial charge in [0.15, 0.2) is 0 Å². The van der Waals surface area contributed by atoms with Crippen LogP contribution < -0.4 is 5.32 Å². The molecule has 0 aliphatic carbocycles. The summed E-state index contributed by atoms with van der Waals surface area (Å²) in [5, 5.41) is 7.88. The third-order valence-electron chi connectivity index (χ3n) is 4.82. The van der Waals surface area contributed by atoms with E-state index in [0.717, 1.165) is 52.5 Å². The van der Waals surface area contributed by atoms with Gasteiger partial charge in [-0.15, -0.1) is 0 Å². The van der Waals surface area contributed by atoms with E-state index in [1.807, 2.05) is 21.8 Å². The van der Waals surface area contributed by atoms with E-state index in [1.54, 1.807) is 0 Å². The summed E-state index contributed by atoms with van der Waals surface area (Å²) in [5.74, 6) is 0.262. The second kappa shape index (κ2) is 8.09. The van der Waals surface area contributed by atoms with Gasteiger partial charge in [0.05, 0.1) is 18.9 Å². The van der Waals surface area contributed by atoms with Crippen LogP contribution in [-0.2, 0) is 16.1 Å². The van der Waals surface area contributed by atoms with E-state index >= 15 is 0 Å². The summed E-state index contributed by atoms with van der Waals surface area (Å²) in [5.41, 5.74) is 1.17. The molecule has 2 aliphatic rings. The van der Waals surface area contributed by atoms with Crippen LogP contribution in [0.1, 0.15) is 32.0 Å². The first-order valence-corrected chi connectivity index (χ1v) is 8.97. The van der Waals surface area contributed by atoms with Crippen molar-refractivity contribution >= 4 is 5.91 Å². The second-order valence-corrected chi connectivity index (χ2v) is 6.94. The Labute approximate surface area is 143 Å². The summed E-state index contributed by atoms with van der Waals surface area (Å²) in [7, 11) is 0. The third kappa shape index (κ3) is 4.34. The quantitative estimate of drug-likeness (QED) is 0.786. The number of carbonyl (C=O) groups excluding carboxylic acids is 1. The van der Waals surface area contributed by atoms with Crippen LogP contribution in [0.2, 0.25) is 0 Å². The maximum atomic E-state index is 12.2. The van der Waals surface area contributed by atoms with Gasteiger partial charge in [-0.25, -0.2) is 0 Å². The Kier molecular flexibility index (Phi) is 5.86. The maximum Gasteiger partial charge on any atom is 0.224 e. The molecule has 1 unspecified atom stereocenters. The average Bonchev–Trinajstić information content (AvgIpc) is 3.18. The number of morpholine rings is 1. The molecule has 1 N–H and O–H groups in total. The first-order valence-electron chi connectivity index (χ1n) is 8.97. The lowest BCUT2D eigenvalue weighted by atomic mass is 10.2. The summed E-state index contributed by atoms with van der Waals surface area (Å²) in [6.07, 6.45) is 2.43. The van der Waals surface area contributed by atoms with Gasteiger partial charge in [-0.1, -0.05) is 0 Å². The lowest BCUT2D eigenvalue weighted by Crippen LogP contribution is -2.42. The van der Waals surface area contributed by atoms with E-state index < -0.39 is 0 Å². The van der Waals surface area contributed by atoms with Crippen LogP contribution >= 0.6 is 0 Å². The fraction of sp³-hybridized carbons (Fsp3) is 0.765. The lowest BCUT2D eigenvalue weighted by Gasteiger charge is -2.28. The van der Waals surface area contributed by atoms with Crippen molar-refractivity contribution < 1.29 is 9.53 Å². The van der Waals surface area contributed by atoms with Crippen molar-refractivity contribution in [3.05, 3.63) is 18.0 Å². The molecule has 0 radical (unpaired) electrons. The second-order valence-electron chi connectivity index (χ2n) is 6.94. The minimum absolute atomic E-state index is 0.234. The predicted octanol–water partition coefficient (Wildman–Crippen LogP) is 0.487. The van der Waals surface area contributed by atoms with Crippen LogP contribution in [0.4, 0.5) is 0 Å². The first-order chi connectivity index (χ1) is 11.6. The van der Waals surface area contributed by atoms with Crippen molar-refractivity contribution in [2.24, 2.45) is 0 Å². The number of carbonyl (C=O) groups is 1. The van der Waals surface area contributed by atoms with E-state index in [1.165, 1.54) is 5.69 Å². The summed E-state index contributed by atoms with van der Waals surface area (Å²) in [6, 6.07) is 2.63. The highest BCUT2D eigenvalue weighted by Gasteiger charge is 2.29. The summed E-state index contributed by atoms with van der Waals surface area (Å²) in [6.45, 7) is 11.1. The monoisotopic (exact) mass is 335 g/mol. The zero-order chi connectivity index (χ0) is 16.9. The van der Waals surface area contributed by atoms with Crippen LogP contribution in [0.25, 0.3) is 0 Å². The van der Waals surface area contributed by atoms with Crippen molar-refractivity contribution in [1.29, 1.82) is 0 Å². The zero-order valence-electron chi connectivity index (χ0n) is 14.8. The Balaban J connectivity index is 1.43. The Morgan fingerprint density at radius 2 is 2.12 bits per heavy atom. The lowest BCUT2D eigenvalue weighted by molar-refractivity contribution is -0.128. The number of likely N-dealkylation sites (tertiary alicyclic amines) is 1. The number of nitrogens with zero attached hydrogens (tertiary/aromatic N) is 4. The number of aromatic nitrogens is 2. The van der Waals surface area contributed by atoms with Gasteiger partial charge >= 0.3 is 0 Å². The van der Waals surface area contributed by atoms with Gasteiger partial charge in [-0.3, -0.25) is 14.4 Å². The Hall–Kier alpha value is -1.44. The highest BCUT2D eigenvalue weighted by molar-refractivity contribution is 5.79. The van der Waals surface area contributed by atoms with Gasteiger partial charge in [0.25, 0.3) is 0 Å². The summed E-state index contributed by atoms with van der Waals surface area (Å²) < 4.78 is 7.39. The van der Waals surface area contributed by atoms with Crippen molar-refractivity contribution in [2.45, 2.75) is 38.9 Å². The van der Waals surface area contributed by atoms with Crippen LogP contribution in [0.5, 0.6) is 0 Å². The van der Waals surface area contributed by atoms with E-state index in [0.29, 0.717) is 12.5 Å². The molecule has 0 bridgehead atoms. The number of hydrogen-bond donors (Lipinski definition) is 1. The standard InChI is InChI=1S/C17H29N5O2/c1-14(2)22-16(3-4-19-22)12-18-15-11-17(23)21(13-15)6-5-20-7-9-24-10-8-20/h3-4,14-15,18H,5-13H2,1-2H3. The minimum atomic E-state index is 0.234. The summed E-state index contributed by atoms with van der Waals surface area (Å²) in [4.78, 5) is 16.6. The van der Waals surface area contributed by atoms with Gasteiger partial charge < -0.3 is 15.0 Å². The molecule has 7 nitrogen and oxygen atoms in total. The molecule has 134 valence electrons. The summed E-state index contributed by atoms with van der Waals surface area (Å²) >= 11 is 0. The molecule has 7 heteroatoms. The Morgan fingerprint density at radius 3 is 2.88 bits per heavy atom. The van der Waals surface area contributed by atoms with Crippen molar-refractivity contribution in [1.82, 2.24) is 24.9 Å². The number of nitrogens with one attached hydrogen (secondary N) is 1. The van der Waals surface area contributed by atoms with Gasteiger partial charge in [0.2, 0.25) is 5.91 Å². The number of amides is 1. The van der Waals surface area contributed by atoms with Crippen LogP contribution in [0, 0.1) is 0 Å². The fourth-order valence-corrected chi connectivity index (χ4v) is 3.41. The first kappa shape index (κ1) is 17.4. The van der Waals surface area contributed by atoms with Crippen molar-refractivity contribution in [3.63, 3.8) is 0 Å². The third-order valence-corrected chi connectivity index (χ3v) is 4.82. The van der Waals surface area contributed by atoms with Gasteiger partial charge in [0.1, 0.15) is 0 Å². The molecule has 3 rings (SSSR count). The molecular formula is C17H29N5O2. The molecule has 3 heterocycles. The Bertz CT molecular complexity index is 539. The molecule has 1 aromatic heterocycles. The number of rotatable bonds is 7. The predicted molar refractivity (Wildman–Crippen MR) is 91.7 cm³/mol. The van der Waals surface area contributed by atoms with E-state index in [2.05, 4.69) is 29.2 Å². The van der Waals surface area contributed by atoms with Crippen LogP contribution in [0.15, 0.2) is 12.3 Å². The molecule has 0 saturated carbocycles. The fourth-order valence-electron chi connectivity index (χ4n) is 3.41. The molecule has 2 fully saturated rings. The van der Waals surface area contributed by atoms with Crippen molar-refractivity contribution in [3.8, 4) is 0 Å². The van der Waals surface area contributed by atoms with Crippen molar-refractivity contribution in [2.75, 3.05) is 45.9 Å². The van der Waals surface area contributed by atoms with Gasteiger partial charge in [-0.2, -0.15) is 5.10 Å². The smallest absolute Gasteiger partial charge is 0.224 e. The topological polar surface area (TPSA) is 62.6 Å².